The van der Waals surface area contributed by atoms with Crippen molar-refractivity contribution in [1.82, 2.24) is 0 Å². The zero-order valence-corrected chi connectivity index (χ0v) is 21.9. The summed E-state index contributed by atoms with van der Waals surface area (Å²) < 4.78 is 2.86. The van der Waals surface area contributed by atoms with E-state index >= 15 is 0 Å². The van der Waals surface area contributed by atoms with Crippen molar-refractivity contribution in [3.8, 4) is 22.3 Å². The molecule has 6 aromatic rings. The van der Waals surface area contributed by atoms with Crippen LogP contribution in [0.25, 0.3) is 42.4 Å². The van der Waals surface area contributed by atoms with Crippen LogP contribution in [-0.4, -0.2) is 0 Å². The van der Waals surface area contributed by atoms with Gasteiger partial charge in [0.1, 0.15) is 0 Å². The molecule has 2 heteroatoms. The lowest BCUT2D eigenvalue weighted by Gasteiger charge is -2.25. The molecule has 0 radical (unpaired) electrons. The Balaban J connectivity index is 1.11. The number of benzene rings is 4. The van der Waals surface area contributed by atoms with Gasteiger partial charge in [-0.15, -0.1) is 22.7 Å². The van der Waals surface area contributed by atoms with E-state index in [2.05, 4.69) is 97.1 Å². The van der Waals surface area contributed by atoms with E-state index in [9.17, 15) is 0 Å². The van der Waals surface area contributed by atoms with Crippen LogP contribution in [-0.2, 0) is 25.7 Å². The van der Waals surface area contributed by atoms with Gasteiger partial charge in [0.25, 0.3) is 0 Å². The van der Waals surface area contributed by atoms with Crippen LogP contribution in [0.1, 0.15) is 33.7 Å². The third-order valence-corrected chi connectivity index (χ3v) is 9.83. The fourth-order valence-corrected chi connectivity index (χ4v) is 7.96. The monoisotopic (exact) mass is 500 g/mol. The lowest BCUT2D eigenvalue weighted by molar-refractivity contribution is 0.831. The van der Waals surface area contributed by atoms with E-state index in [4.69, 9.17) is 0 Å². The zero-order chi connectivity index (χ0) is 23.9. The second kappa shape index (κ2) is 9.35. The lowest BCUT2D eigenvalue weighted by atomic mass is 9.77. The van der Waals surface area contributed by atoms with Gasteiger partial charge in [-0.25, -0.2) is 0 Å². The fourth-order valence-electron chi connectivity index (χ4n) is 5.73. The second-order valence-corrected chi connectivity index (χ2v) is 12.2. The molecule has 0 nitrogen and oxygen atoms in total. The van der Waals surface area contributed by atoms with Gasteiger partial charge in [0.05, 0.1) is 0 Å². The molecule has 0 aliphatic heterocycles. The number of hydrogen-bond donors (Lipinski definition) is 0. The van der Waals surface area contributed by atoms with Gasteiger partial charge in [-0.3, -0.25) is 0 Å². The maximum atomic E-state index is 2.47. The predicted octanol–water partition coefficient (Wildman–Crippen LogP) is 10.1. The minimum Gasteiger partial charge on any atom is -0.140 e. The minimum absolute atomic E-state index is 1.15. The molecule has 0 saturated carbocycles. The quantitative estimate of drug-likeness (QED) is 0.195. The van der Waals surface area contributed by atoms with E-state index < -0.39 is 0 Å². The first-order valence-corrected chi connectivity index (χ1v) is 14.7. The summed E-state index contributed by atoms with van der Waals surface area (Å²) in [5, 5.41) is 2.91. The van der Waals surface area contributed by atoms with Gasteiger partial charge < -0.3 is 0 Å². The number of thiophene rings is 2. The maximum absolute atomic E-state index is 2.47. The molecule has 0 amide bonds. The van der Waals surface area contributed by atoms with Crippen LogP contribution in [0.2, 0.25) is 0 Å². The largest absolute Gasteiger partial charge is 0.140 e. The summed E-state index contributed by atoms with van der Waals surface area (Å²) in [6, 6.07) is 36.1. The molecule has 0 saturated heterocycles. The Bertz CT molecular complexity index is 1530. The zero-order valence-electron chi connectivity index (χ0n) is 20.3. The van der Waals surface area contributed by atoms with Gasteiger partial charge in [0, 0.05) is 29.9 Å². The first-order valence-electron chi connectivity index (χ1n) is 13.0. The third-order valence-electron chi connectivity index (χ3n) is 7.51. The molecular formula is C34H28S2. The first-order chi connectivity index (χ1) is 17.8. The van der Waals surface area contributed by atoms with E-state index in [0.717, 1.165) is 25.7 Å². The van der Waals surface area contributed by atoms with Gasteiger partial charge in [0.2, 0.25) is 0 Å². The van der Waals surface area contributed by atoms with Gasteiger partial charge in [-0.1, -0.05) is 72.8 Å². The van der Waals surface area contributed by atoms with Gasteiger partial charge in [0.15, 0.2) is 0 Å². The molecule has 2 heterocycles. The molecule has 7 rings (SSSR count). The predicted molar refractivity (Wildman–Crippen MR) is 159 cm³/mol. The number of rotatable bonds is 8. The van der Waals surface area contributed by atoms with E-state index in [-0.39, 0.29) is 0 Å². The smallest absolute Gasteiger partial charge is 0.0352 e. The molecule has 2 aromatic heterocycles. The molecule has 0 bridgehead atoms. The Hall–Kier alpha value is -3.20. The summed E-state index contributed by atoms with van der Waals surface area (Å²) in [5.74, 6) is 0. The summed E-state index contributed by atoms with van der Waals surface area (Å²) in [4.78, 5) is 3.03. The normalized spacial score (nSPS) is 12.0. The molecule has 0 unspecified atom stereocenters. The molecule has 0 atom stereocenters. The molecule has 36 heavy (non-hydrogen) atoms. The standard InChI is InChI=1S/C34H28S2/c1-3-9-23(10-4-1)13-7-15-25-21-29-31(35-25)19-17-27-33(29)28-18-20-32-30(34(27)28)22-26(36-32)16-8-14-24-11-5-2-6-12-24/h1-6,9-12,17-22H,7-8,13-16H2. The molecule has 1 aliphatic carbocycles. The minimum atomic E-state index is 1.15. The van der Waals surface area contributed by atoms with E-state index in [1.54, 1.807) is 0 Å². The Morgan fingerprint density at radius 3 is 1.33 bits per heavy atom. The van der Waals surface area contributed by atoms with E-state index in [1.807, 2.05) is 22.7 Å². The molecule has 176 valence electrons. The third kappa shape index (κ3) is 3.99. The van der Waals surface area contributed by atoms with Crippen LogP contribution in [0.3, 0.4) is 0 Å². The highest BCUT2D eigenvalue weighted by Crippen LogP contribution is 2.55. The molecular weight excluding hydrogens is 473 g/mol. The summed E-state index contributed by atoms with van der Waals surface area (Å²) in [7, 11) is 0. The molecule has 4 aromatic carbocycles. The van der Waals surface area contributed by atoms with Crippen molar-refractivity contribution >= 4 is 42.8 Å². The number of fused-ring (bicyclic) bond motifs is 8. The summed E-state index contributed by atoms with van der Waals surface area (Å²) in [5.41, 5.74) is 8.74. The Kier molecular flexibility index (Phi) is 5.72. The topological polar surface area (TPSA) is 0 Å². The van der Waals surface area contributed by atoms with Crippen LogP contribution in [0.15, 0.2) is 97.1 Å². The van der Waals surface area contributed by atoms with E-state index in [0.29, 0.717) is 0 Å². The van der Waals surface area contributed by atoms with Crippen molar-refractivity contribution in [3.05, 3.63) is 118 Å². The lowest BCUT2D eigenvalue weighted by Crippen LogP contribution is -1.99. The fraction of sp³-hybridized carbons (Fsp3) is 0.176. The van der Waals surface area contributed by atoms with Crippen LogP contribution in [0.5, 0.6) is 0 Å². The van der Waals surface area contributed by atoms with Gasteiger partial charge in [-0.2, -0.15) is 0 Å². The Morgan fingerprint density at radius 1 is 0.444 bits per heavy atom. The average molecular weight is 501 g/mol. The maximum Gasteiger partial charge on any atom is 0.0352 e. The molecule has 0 N–H and O–H groups in total. The Morgan fingerprint density at radius 2 is 0.889 bits per heavy atom. The van der Waals surface area contributed by atoms with Crippen molar-refractivity contribution in [3.63, 3.8) is 0 Å². The number of aryl methyl sites for hydroxylation is 4. The van der Waals surface area contributed by atoms with Crippen molar-refractivity contribution in [2.75, 3.05) is 0 Å². The van der Waals surface area contributed by atoms with Crippen LogP contribution in [0.4, 0.5) is 0 Å². The highest BCUT2D eigenvalue weighted by molar-refractivity contribution is 7.19. The van der Waals surface area contributed by atoms with Gasteiger partial charge in [-0.05, 0) is 96.2 Å². The highest BCUT2D eigenvalue weighted by atomic mass is 32.1. The van der Waals surface area contributed by atoms with Crippen LogP contribution >= 0.6 is 22.7 Å². The SMILES string of the molecule is c1ccc(CCCc2cc3c4c(ccc3s2)-c2c-4ccc3sc(CCCc4ccccc4)cc23)cc1. The summed E-state index contributed by atoms with van der Waals surface area (Å²) in [6.07, 6.45) is 7.04. The second-order valence-electron chi connectivity index (χ2n) is 9.90. The van der Waals surface area contributed by atoms with Crippen molar-refractivity contribution in [2.24, 2.45) is 0 Å². The summed E-state index contributed by atoms with van der Waals surface area (Å²) >= 11 is 3.96. The molecule has 1 aliphatic rings. The van der Waals surface area contributed by atoms with Crippen molar-refractivity contribution in [2.45, 2.75) is 38.5 Å². The summed E-state index contributed by atoms with van der Waals surface area (Å²) in [6.45, 7) is 0. The number of hydrogen-bond acceptors (Lipinski definition) is 2. The van der Waals surface area contributed by atoms with Crippen LogP contribution in [0, 0.1) is 0 Å². The van der Waals surface area contributed by atoms with E-state index in [1.165, 1.54) is 76.1 Å². The molecule has 0 fully saturated rings. The van der Waals surface area contributed by atoms with Gasteiger partial charge >= 0.3 is 0 Å². The van der Waals surface area contributed by atoms with Crippen LogP contribution < -0.4 is 0 Å². The van der Waals surface area contributed by atoms with Crippen molar-refractivity contribution in [1.29, 1.82) is 0 Å². The molecule has 0 spiro atoms. The average Bonchev–Trinajstić information content (AvgIpc) is 3.49. The highest BCUT2D eigenvalue weighted by Gasteiger charge is 2.28. The first kappa shape index (κ1) is 22.0. The van der Waals surface area contributed by atoms with Crippen molar-refractivity contribution < 1.29 is 0 Å². The Labute approximate surface area is 220 Å².